The number of rotatable bonds is 23. The van der Waals surface area contributed by atoms with Crippen LogP contribution in [-0.4, -0.2) is 74.2 Å². The minimum Gasteiger partial charge on any atom is -0.482 e. The zero-order valence-electron chi connectivity index (χ0n) is 68.2. The number of carbonyl (C=O) groups excluding carboxylic acids is 1. The minimum absolute atomic E-state index is 0. The molecule has 2 atom stereocenters. The van der Waals surface area contributed by atoms with E-state index < -0.39 is 63.0 Å². The summed E-state index contributed by atoms with van der Waals surface area (Å²) in [5.74, 6) is -0.491. The van der Waals surface area contributed by atoms with Crippen LogP contribution in [0.5, 0.6) is 11.5 Å². The van der Waals surface area contributed by atoms with Gasteiger partial charge in [-0.25, -0.2) is 14.6 Å². The number of hydrogen-bond acceptors (Lipinski definition) is 11. The van der Waals surface area contributed by atoms with Crippen LogP contribution in [0, 0.1) is 0 Å². The van der Waals surface area contributed by atoms with E-state index in [0.29, 0.717) is 35.0 Å². The van der Waals surface area contributed by atoms with Crippen LogP contribution in [0.2, 0.25) is 0 Å². The number of aliphatic carboxylic acids is 1. The molecule has 12 nitrogen and oxygen atoms in total. The molecule has 2 aromatic heterocycles. The molecular formula is C106H104BBrN2O10P4Pd. The van der Waals surface area contributed by atoms with Crippen LogP contribution in [0.4, 0.5) is 0 Å². The third kappa shape index (κ3) is 33.9. The molecule has 0 saturated carbocycles. The number of halogens is 1. The Balaban J connectivity index is 0.000000201. The Bertz CT molecular complexity index is 4740. The van der Waals surface area contributed by atoms with Crippen molar-refractivity contribution >= 4 is 136 Å². The number of aromatic nitrogens is 2. The third-order valence-electron chi connectivity index (χ3n) is 17.9. The molecule has 0 fully saturated rings. The van der Waals surface area contributed by atoms with Gasteiger partial charge in [-0.1, -0.05) is 403 Å². The first-order valence-electron chi connectivity index (χ1n) is 39.7. The molecule has 0 aliphatic carbocycles. The standard InChI is InChI=1S/4C18H15P.C15H15NO4.C10H13BO5.C7H8BrNO.2CH4.Pd/c4*1-4-10-16(11-5-1)19(17-12-6-2-7-13-17)18-14-8-3-9-15-18;1-10(17)13-3-2-4-14(16-13)11-5-7-12(8-6-11)20-9-15(18)19;1-2-15-10(12)7-16-9-5-3-8(4-6-9)11(13)14;1-5(10)6-3-2-4-7(8)9-6;;;/h4*1-15H;2-8,10,17H,9H2,1H3,(H,18,19);3-6,13-14H,2,7H2,1H3;2-5,10H,1H3;2*1H4;/t;;;;10-;;5-;;;/m....1.1.../s1. The molecule has 638 valence electrons. The van der Waals surface area contributed by atoms with Gasteiger partial charge >= 0.3 is 19.1 Å². The van der Waals surface area contributed by atoms with Crippen LogP contribution in [0.15, 0.2) is 454 Å². The van der Waals surface area contributed by atoms with Crippen molar-refractivity contribution in [3.63, 3.8) is 0 Å². The number of ether oxygens (including phenoxy) is 3. The summed E-state index contributed by atoms with van der Waals surface area (Å²) < 4.78 is 15.6. The fraction of sp³-hybridized carbons (Fsp3) is 0.0943. The second-order valence-electron chi connectivity index (χ2n) is 26.8. The normalized spacial score (nSPS) is 10.6. The van der Waals surface area contributed by atoms with Gasteiger partial charge in [-0.05, 0) is 198 Å². The average molecular weight is 1890 g/mol. The summed E-state index contributed by atoms with van der Waals surface area (Å²) in [6, 6.07) is 153. The van der Waals surface area contributed by atoms with E-state index in [1.807, 2.05) is 24.3 Å². The summed E-state index contributed by atoms with van der Waals surface area (Å²) in [5, 5.41) is 61.6. The van der Waals surface area contributed by atoms with Crippen LogP contribution in [0.25, 0.3) is 11.3 Å². The molecule has 0 amide bonds. The maximum atomic E-state index is 11.0. The van der Waals surface area contributed by atoms with E-state index in [4.69, 9.17) is 29.7 Å². The fourth-order valence-corrected chi connectivity index (χ4v) is 21.7. The number of carbonyl (C=O) groups is 2. The largest absolute Gasteiger partial charge is 0.488 e. The Morgan fingerprint density at radius 2 is 0.560 bits per heavy atom. The average Bonchev–Trinajstić information content (AvgIpc) is 0.834. The molecule has 125 heavy (non-hydrogen) atoms. The van der Waals surface area contributed by atoms with Gasteiger partial charge < -0.3 is 39.6 Å². The quantitative estimate of drug-likeness (QED) is 0.0177. The van der Waals surface area contributed by atoms with Crippen LogP contribution in [0.1, 0.15) is 59.2 Å². The number of esters is 1. The summed E-state index contributed by atoms with van der Waals surface area (Å²) in [7, 11) is -3.28. The van der Waals surface area contributed by atoms with Gasteiger partial charge in [0.25, 0.3) is 0 Å². The molecule has 16 rings (SSSR count). The molecule has 0 bridgehead atoms. The number of aliphatic hydroxyl groups excluding tert-OH is 2. The van der Waals surface area contributed by atoms with Crippen LogP contribution in [0.3, 0.4) is 0 Å². The summed E-state index contributed by atoms with van der Waals surface area (Å²) in [4.78, 5) is 29.8. The second-order valence-corrected chi connectivity index (χ2v) is 36.5. The van der Waals surface area contributed by atoms with Crippen molar-refractivity contribution in [1.82, 2.24) is 9.97 Å². The zero-order chi connectivity index (χ0) is 85.7. The zero-order valence-corrected chi connectivity index (χ0v) is 75.0. The number of benzene rings is 14. The number of aliphatic hydroxyl groups is 2. The molecule has 0 aliphatic rings. The smallest absolute Gasteiger partial charge is 0.482 e. The molecule has 0 aliphatic heterocycles. The number of nitrogens with zero attached hydrogens (tertiary/aromatic N) is 2. The SMILES string of the molecule is C.C.CCOC(=O)COc1ccc(B(O)O)cc1.C[C@@H](O)c1cccc(-c2ccc(OCC(=O)O)cc2)n1.C[C@@H](O)c1cccc(Br)n1.[Pd].c1ccc(P(c2ccccc2)c2ccccc2)cc1.c1ccc(P(c2ccccc2)c2ccccc2)cc1.c1ccc(P(c2ccccc2)c2ccccc2)cc1.c1ccc(P(c2ccccc2)c2ccccc2)cc1. The van der Waals surface area contributed by atoms with Gasteiger partial charge in [-0.3, -0.25) is 4.98 Å². The summed E-state index contributed by atoms with van der Waals surface area (Å²) in [6.07, 6.45) is -1.11. The summed E-state index contributed by atoms with van der Waals surface area (Å²) >= 11 is 3.21. The van der Waals surface area contributed by atoms with Gasteiger partial charge in [-0.15, -0.1) is 0 Å². The van der Waals surface area contributed by atoms with Crippen molar-refractivity contribution in [2.45, 2.75) is 47.8 Å². The second kappa shape index (κ2) is 56.5. The van der Waals surface area contributed by atoms with Crippen molar-refractivity contribution in [2.75, 3.05) is 19.8 Å². The fourth-order valence-electron chi connectivity index (χ4n) is 12.2. The molecular weight excluding hydrogens is 1780 g/mol. The monoisotopic (exact) mass is 1880 g/mol. The molecule has 16 aromatic rings. The van der Waals surface area contributed by atoms with E-state index in [9.17, 15) is 14.7 Å². The molecule has 19 heteroatoms. The van der Waals surface area contributed by atoms with Gasteiger partial charge in [0.1, 0.15) is 16.1 Å². The molecule has 0 unspecified atom stereocenters. The first-order valence-corrected chi connectivity index (χ1v) is 45.8. The van der Waals surface area contributed by atoms with E-state index in [0.717, 1.165) is 15.9 Å². The van der Waals surface area contributed by atoms with E-state index in [-0.39, 0.29) is 48.5 Å². The van der Waals surface area contributed by atoms with Gasteiger partial charge in [0.2, 0.25) is 0 Å². The topological polar surface area (TPSA) is 189 Å². The van der Waals surface area contributed by atoms with Gasteiger partial charge in [0.05, 0.1) is 35.9 Å². The predicted octanol–water partition coefficient (Wildman–Crippen LogP) is 18.5. The first kappa shape index (κ1) is 101. The van der Waals surface area contributed by atoms with Crippen LogP contribution >= 0.6 is 47.6 Å². The van der Waals surface area contributed by atoms with Gasteiger partial charge in [0, 0.05) is 26.0 Å². The molecule has 14 aromatic carbocycles. The van der Waals surface area contributed by atoms with Crippen molar-refractivity contribution < 1.29 is 69.6 Å². The Labute approximate surface area is 764 Å². The number of carboxylic acids is 1. The van der Waals surface area contributed by atoms with Crippen LogP contribution in [-0.2, 0) is 34.7 Å². The third-order valence-corrected chi connectivity index (χ3v) is 28.1. The molecule has 0 radical (unpaired) electrons. The Morgan fingerprint density at radius 3 is 0.776 bits per heavy atom. The van der Waals surface area contributed by atoms with Crippen molar-refractivity contribution in [2.24, 2.45) is 0 Å². The number of pyridine rings is 2. The Kier molecular flexibility index (Phi) is 45.6. The van der Waals surface area contributed by atoms with E-state index >= 15 is 0 Å². The maximum Gasteiger partial charge on any atom is 0.488 e. The van der Waals surface area contributed by atoms with E-state index in [1.165, 1.54) is 75.8 Å². The summed E-state index contributed by atoms with van der Waals surface area (Å²) in [5.41, 5.74) is 3.27. The van der Waals surface area contributed by atoms with Crippen LogP contribution < -0.4 is 78.6 Å². The van der Waals surface area contributed by atoms with Crippen molar-refractivity contribution in [1.29, 1.82) is 0 Å². The maximum absolute atomic E-state index is 11.0. The molecule has 5 N–H and O–H groups in total. The Hall–Kier alpha value is -11.3. The van der Waals surface area contributed by atoms with Gasteiger partial charge in [0.15, 0.2) is 13.2 Å². The molecule has 2 heterocycles. The minimum atomic E-state index is -1.50. The molecule has 0 saturated heterocycles. The van der Waals surface area contributed by atoms with E-state index in [2.05, 4.69) is 395 Å². The predicted molar refractivity (Wildman–Crippen MR) is 528 cm³/mol. The van der Waals surface area contributed by atoms with E-state index in [1.54, 1.807) is 69.3 Å². The first-order chi connectivity index (χ1) is 59.7. The Morgan fingerprint density at radius 1 is 0.328 bits per heavy atom. The number of hydrogen-bond donors (Lipinski definition) is 5. The van der Waals surface area contributed by atoms with Crippen molar-refractivity contribution in [3.05, 3.63) is 465 Å². The van der Waals surface area contributed by atoms with Gasteiger partial charge in [-0.2, -0.15) is 0 Å². The molecule has 0 spiro atoms. The van der Waals surface area contributed by atoms with Crippen molar-refractivity contribution in [3.8, 4) is 22.8 Å². The summed E-state index contributed by atoms with van der Waals surface area (Å²) in [6.45, 7) is 4.86. The number of carboxylic acid groups (broad SMARTS) is 1.